The largest absolute Gasteiger partial charge is 0.444 e. The molecule has 1 saturated heterocycles. The van der Waals surface area contributed by atoms with E-state index in [1.54, 1.807) is 4.90 Å². The van der Waals surface area contributed by atoms with Crippen molar-refractivity contribution in [2.75, 3.05) is 13.1 Å². The highest BCUT2D eigenvalue weighted by Crippen LogP contribution is 2.58. The van der Waals surface area contributed by atoms with Gasteiger partial charge >= 0.3 is 6.09 Å². The van der Waals surface area contributed by atoms with Crippen LogP contribution in [0.4, 0.5) is 4.79 Å². The molecule has 19 heavy (non-hydrogen) atoms. The maximum Gasteiger partial charge on any atom is 0.410 e. The van der Waals surface area contributed by atoms with E-state index in [4.69, 9.17) is 9.26 Å². The van der Waals surface area contributed by atoms with E-state index in [0.717, 1.165) is 13.0 Å². The molecule has 104 valence electrons. The Kier molecular flexibility index (Phi) is 2.43. The summed E-state index contributed by atoms with van der Waals surface area (Å²) in [5, 5.41) is 3.84. The Hall–Kier alpha value is -1.59. The number of ether oxygens (including phenoxy) is 1. The van der Waals surface area contributed by atoms with Crippen LogP contribution in [0.2, 0.25) is 0 Å². The van der Waals surface area contributed by atoms with E-state index in [-0.39, 0.29) is 11.5 Å². The van der Waals surface area contributed by atoms with Gasteiger partial charge in [0.1, 0.15) is 5.60 Å². The first-order valence-electron chi connectivity index (χ1n) is 6.59. The van der Waals surface area contributed by atoms with Gasteiger partial charge in [0.25, 0.3) is 0 Å². The Labute approximate surface area is 112 Å². The van der Waals surface area contributed by atoms with Gasteiger partial charge in [0.05, 0.1) is 5.41 Å². The van der Waals surface area contributed by atoms with Crippen molar-refractivity contribution in [1.82, 2.24) is 15.0 Å². The molecule has 0 spiro atoms. The van der Waals surface area contributed by atoms with Crippen molar-refractivity contribution in [3.05, 3.63) is 11.7 Å². The number of nitrogens with zero attached hydrogens (tertiary/aromatic N) is 3. The predicted molar refractivity (Wildman–Crippen MR) is 66.6 cm³/mol. The highest BCUT2D eigenvalue weighted by Gasteiger charge is 2.65. The molecule has 6 heteroatoms. The van der Waals surface area contributed by atoms with Crippen LogP contribution in [0, 0.1) is 12.8 Å². The van der Waals surface area contributed by atoms with Crippen molar-refractivity contribution in [2.45, 2.75) is 45.1 Å². The molecule has 2 atom stereocenters. The SMILES string of the molecule is Cc1noc([C@@]23C[C@@H]2CN(C(=O)OC(C)(C)C)C3)n1. The average Bonchev–Trinajstić information content (AvgIpc) is 2.68. The summed E-state index contributed by atoms with van der Waals surface area (Å²) in [7, 11) is 0. The highest BCUT2D eigenvalue weighted by molar-refractivity contribution is 5.69. The van der Waals surface area contributed by atoms with Crippen molar-refractivity contribution in [3.63, 3.8) is 0 Å². The fraction of sp³-hybridized carbons (Fsp3) is 0.769. The van der Waals surface area contributed by atoms with Gasteiger partial charge in [-0.1, -0.05) is 5.16 Å². The monoisotopic (exact) mass is 265 g/mol. The molecule has 0 unspecified atom stereocenters. The molecular weight excluding hydrogens is 246 g/mol. The zero-order valence-corrected chi connectivity index (χ0v) is 11.8. The van der Waals surface area contributed by atoms with Gasteiger partial charge in [0, 0.05) is 13.1 Å². The van der Waals surface area contributed by atoms with Crippen LogP contribution < -0.4 is 0 Å². The Morgan fingerprint density at radius 2 is 2.26 bits per heavy atom. The van der Waals surface area contributed by atoms with E-state index >= 15 is 0 Å². The molecular formula is C13H19N3O3. The summed E-state index contributed by atoms with van der Waals surface area (Å²) in [6.45, 7) is 8.77. The second kappa shape index (κ2) is 3.71. The normalized spacial score (nSPS) is 29.3. The summed E-state index contributed by atoms with van der Waals surface area (Å²) in [4.78, 5) is 18.1. The third-order valence-electron chi connectivity index (χ3n) is 3.75. The number of likely N-dealkylation sites (tertiary alicyclic amines) is 1. The minimum atomic E-state index is -0.460. The third-order valence-corrected chi connectivity index (χ3v) is 3.75. The number of hydrogen-bond acceptors (Lipinski definition) is 5. The molecule has 6 nitrogen and oxygen atoms in total. The summed E-state index contributed by atoms with van der Waals surface area (Å²) >= 11 is 0. The maximum atomic E-state index is 12.0. The summed E-state index contributed by atoms with van der Waals surface area (Å²) in [5.41, 5.74) is -0.573. The van der Waals surface area contributed by atoms with Gasteiger partial charge in [-0.05, 0) is 40.0 Å². The molecule has 2 aliphatic rings. The van der Waals surface area contributed by atoms with Crippen LogP contribution in [-0.2, 0) is 10.2 Å². The van der Waals surface area contributed by atoms with Crippen molar-refractivity contribution in [1.29, 1.82) is 0 Å². The standard InChI is InChI=1S/C13H19N3O3/c1-8-14-10(19-15-8)13-5-9(13)6-16(7-13)11(17)18-12(2,3)4/h9H,5-7H2,1-4H3/t9-,13-/m1/s1. The van der Waals surface area contributed by atoms with Gasteiger partial charge in [-0.3, -0.25) is 0 Å². The van der Waals surface area contributed by atoms with Crippen LogP contribution in [0.15, 0.2) is 4.52 Å². The fourth-order valence-electron chi connectivity index (χ4n) is 2.78. The molecule has 0 radical (unpaired) electrons. The molecule has 1 aromatic rings. The lowest BCUT2D eigenvalue weighted by atomic mass is 10.1. The van der Waals surface area contributed by atoms with Crippen molar-refractivity contribution in [3.8, 4) is 0 Å². The number of carbonyl (C=O) groups is 1. The van der Waals surface area contributed by atoms with Crippen LogP contribution >= 0.6 is 0 Å². The summed E-state index contributed by atoms with van der Waals surface area (Å²) in [6.07, 6.45) is 0.767. The zero-order valence-electron chi connectivity index (χ0n) is 11.8. The van der Waals surface area contributed by atoms with Crippen molar-refractivity contribution in [2.24, 2.45) is 5.92 Å². The zero-order chi connectivity index (χ0) is 13.8. The van der Waals surface area contributed by atoms with Crippen LogP contribution in [0.3, 0.4) is 0 Å². The van der Waals surface area contributed by atoms with Gasteiger partial charge < -0.3 is 14.2 Å². The number of piperidine rings is 1. The molecule has 2 heterocycles. The van der Waals surface area contributed by atoms with E-state index in [1.165, 1.54) is 0 Å². The Bertz CT molecular complexity index is 519. The number of aryl methyl sites for hydroxylation is 1. The lowest BCUT2D eigenvalue weighted by Crippen LogP contribution is -2.37. The number of rotatable bonds is 1. The van der Waals surface area contributed by atoms with Gasteiger partial charge in [-0.25, -0.2) is 4.79 Å². The van der Waals surface area contributed by atoms with Crippen LogP contribution in [-0.4, -0.2) is 39.8 Å². The van der Waals surface area contributed by atoms with E-state index in [1.807, 2.05) is 27.7 Å². The summed E-state index contributed by atoms with van der Waals surface area (Å²) in [6, 6.07) is 0. The molecule has 1 aromatic heterocycles. The average molecular weight is 265 g/mol. The first-order chi connectivity index (χ1) is 8.80. The molecule has 2 fully saturated rings. The number of amides is 1. The minimum Gasteiger partial charge on any atom is -0.444 e. The topological polar surface area (TPSA) is 68.5 Å². The van der Waals surface area contributed by atoms with E-state index < -0.39 is 5.60 Å². The van der Waals surface area contributed by atoms with Crippen molar-refractivity contribution < 1.29 is 14.1 Å². The fourth-order valence-corrected chi connectivity index (χ4v) is 2.78. The van der Waals surface area contributed by atoms with Crippen molar-refractivity contribution >= 4 is 6.09 Å². The van der Waals surface area contributed by atoms with Crippen LogP contribution in [0.5, 0.6) is 0 Å². The van der Waals surface area contributed by atoms with Gasteiger partial charge in [0.15, 0.2) is 5.82 Å². The molecule has 0 bridgehead atoms. The molecule has 1 aliphatic carbocycles. The molecule has 1 amide bonds. The Morgan fingerprint density at radius 1 is 1.53 bits per heavy atom. The van der Waals surface area contributed by atoms with E-state index in [9.17, 15) is 4.79 Å². The van der Waals surface area contributed by atoms with Gasteiger partial charge in [0.2, 0.25) is 5.89 Å². The Morgan fingerprint density at radius 3 is 2.84 bits per heavy atom. The molecule has 1 aliphatic heterocycles. The number of hydrogen-bond donors (Lipinski definition) is 0. The lowest BCUT2D eigenvalue weighted by molar-refractivity contribution is 0.0268. The van der Waals surface area contributed by atoms with E-state index in [2.05, 4.69) is 10.1 Å². The molecule has 0 N–H and O–H groups in total. The first-order valence-corrected chi connectivity index (χ1v) is 6.59. The lowest BCUT2D eigenvalue weighted by Gasteiger charge is -2.25. The van der Waals surface area contributed by atoms with E-state index in [0.29, 0.717) is 24.2 Å². The summed E-state index contributed by atoms with van der Waals surface area (Å²) in [5.74, 6) is 1.74. The molecule has 0 aromatic carbocycles. The quantitative estimate of drug-likeness (QED) is 0.775. The Balaban J connectivity index is 1.70. The second-order valence-corrected chi connectivity index (χ2v) is 6.56. The third kappa shape index (κ3) is 2.09. The number of aromatic nitrogens is 2. The maximum absolute atomic E-state index is 12.0. The highest BCUT2D eigenvalue weighted by atomic mass is 16.6. The predicted octanol–water partition coefficient (Wildman–Crippen LogP) is 1.89. The molecule has 3 rings (SSSR count). The van der Waals surface area contributed by atoms with Crippen LogP contribution in [0.1, 0.15) is 38.9 Å². The van der Waals surface area contributed by atoms with Gasteiger partial charge in [-0.15, -0.1) is 0 Å². The second-order valence-electron chi connectivity index (χ2n) is 6.56. The number of fused-ring (bicyclic) bond motifs is 1. The first kappa shape index (κ1) is 12.4. The smallest absolute Gasteiger partial charge is 0.410 e. The minimum absolute atomic E-state index is 0.113. The summed E-state index contributed by atoms with van der Waals surface area (Å²) < 4.78 is 10.7. The number of carbonyl (C=O) groups excluding carboxylic acids is 1. The van der Waals surface area contributed by atoms with Crippen LogP contribution in [0.25, 0.3) is 0 Å². The van der Waals surface area contributed by atoms with Gasteiger partial charge in [-0.2, -0.15) is 4.98 Å². The molecule has 1 saturated carbocycles.